The van der Waals surface area contributed by atoms with Crippen LogP contribution in [0.3, 0.4) is 0 Å². The highest BCUT2D eigenvalue weighted by atomic mass is 32.2. The molecule has 0 saturated heterocycles. The fraction of sp³-hybridized carbons (Fsp3) is 0.0769. The summed E-state index contributed by atoms with van der Waals surface area (Å²) in [5.41, 5.74) is 0.783. The molecule has 0 amide bonds. The number of aryl methyl sites for hydroxylation is 1. The van der Waals surface area contributed by atoms with Gasteiger partial charge < -0.3 is 5.32 Å². The van der Waals surface area contributed by atoms with E-state index >= 15 is 0 Å². The molecule has 1 aromatic carbocycles. The Hall–Kier alpha value is -1.59. The Morgan fingerprint density at radius 3 is 2.89 bits per heavy atom. The van der Waals surface area contributed by atoms with Crippen LogP contribution in [0.1, 0.15) is 15.2 Å². The van der Waals surface area contributed by atoms with E-state index in [0.29, 0.717) is 4.91 Å². The molecule has 90 valence electrons. The largest absolute Gasteiger partial charge is 0.337 e. The molecular formula is C13H10N2OS2. The van der Waals surface area contributed by atoms with E-state index < -0.39 is 0 Å². The number of fused-ring (bicyclic) bond motifs is 1. The summed E-state index contributed by atoms with van der Waals surface area (Å²) in [5.74, 6) is 0.0800. The maximum Gasteiger partial charge on any atom is 0.202 e. The zero-order valence-corrected chi connectivity index (χ0v) is 11.3. The lowest BCUT2D eigenvalue weighted by Gasteiger charge is -1.95. The molecule has 1 aliphatic heterocycles. The normalized spacial score (nSPS) is 16.1. The molecule has 1 N–H and O–H groups in total. The Kier molecular flexibility index (Phi) is 2.93. The van der Waals surface area contributed by atoms with Crippen molar-refractivity contribution in [2.45, 2.75) is 11.8 Å². The number of Topliss-reactive ketones (excluding diaryl/α,β-unsaturated/α-hetero) is 1. The zero-order valence-electron chi connectivity index (χ0n) is 9.64. The van der Waals surface area contributed by atoms with Gasteiger partial charge in [-0.2, -0.15) is 0 Å². The average molecular weight is 274 g/mol. The van der Waals surface area contributed by atoms with E-state index in [-0.39, 0.29) is 5.78 Å². The van der Waals surface area contributed by atoms with Gasteiger partial charge in [0.1, 0.15) is 0 Å². The minimum absolute atomic E-state index is 0.0800. The summed E-state index contributed by atoms with van der Waals surface area (Å²) in [6.07, 6.45) is 3.55. The number of benzene rings is 1. The fourth-order valence-corrected chi connectivity index (χ4v) is 3.29. The van der Waals surface area contributed by atoms with Crippen molar-refractivity contribution >= 4 is 34.0 Å². The van der Waals surface area contributed by atoms with Gasteiger partial charge in [0.15, 0.2) is 5.13 Å². The number of hydrogen-bond acceptors (Lipinski definition) is 5. The molecule has 0 bridgehead atoms. The average Bonchev–Trinajstić information content (AvgIpc) is 2.92. The molecule has 1 aromatic heterocycles. The van der Waals surface area contributed by atoms with Crippen LogP contribution in [-0.4, -0.2) is 10.8 Å². The number of nitrogens with zero attached hydrogens (tertiary/aromatic N) is 1. The van der Waals surface area contributed by atoms with Crippen LogP contribution in [0.25, 0.3) is 0 Å². The van der Waals surface area contributed by atoms with Crippen molar-refractivity contribution in [2.75, 3.05) is 5.32 Å². The molecule has 0 unspecified atom stereocenters. The van der Waals surface area contributed by atoms with Gasteiger partial charge in [0.25, 0.3) is 0 Å². The second-order valence-corrected chi connectivity index (χ2v) is 6.17. The molecule has 0 radical (unpaired) electrons. The molecule has 5 heteroatoms. The van der Waals surface area contributed by atoms with Crippen LogP contribution in [0.4, 0.5) is 5.13 Å². The first-order valence-corrected chi connectivity index (χ1v) is 7.08. The second-order valence-electron chi connectivity index (χ2n) is 3.86. The first-order chi connectivity index (χ1) is 8.74. The molecule has 2 aromatic rings. The number of carbonyl (C=O) groups is 1. The van der Waals surface area contributed by atoms with Crippen molar-refractivity contribution in [1.82, 2.24) is 4.98 Å². The Morgan fingerprint density at radius 1 is 1.33 bits per heavy atom. The van der Waals surface area contributed by atoms with Crippen LogP contribution in [0.2, 0.25) is 0 Å². The van der Waals surface area contributed by atoms with E-state index in [0.717, 1.165) is 20.5 Å². The van der Waals surface area contributed by atoms with Crippen molar-refractivity contribution in [1.29, 1.82) is 0 Å². The Balaban J connectivity index is 1.82. The fourth-order valence-electron chi connectivity index (χ4n) is 1.68. The molecule has 2 heterocycles. The van der Waals surface area contributed by atoms with Crippen LogP contribution in [-0.2, 0) is 0 Å². The van der Waals surface area contributed by atoms with E-state index in [1.807, 2.05) is 37.4 Å². The first-order valence-electron chi connectivity index (χ1n) is 5.45. The molecule has 0 fully saturated rings. The van der Waals surface area contributed by atoms with Gasteiger partial charge in [-0.1, -0.05) is 23.9 Å². The maximum absolute atomic E-state index is 12.1. The number of nitrogens with one attached hydrogen (secondary N) is 1. The lowest BCUT2D eigenvalue weighted by atomic mass is 10.1. The third kappa shape index (κ3) is 2.07. The standard InChI is InChI=1S/C13H10N2OS2/c1-8-6-14-13(17-8)15-7-11-12(16)9-4-2-3-5-10(9)18-11/h2-7H,1H3,(H,14,15)/b11-7-. The van der Waals surface area contributed by atoms with Gasteiger partial charge in [-0.05, 0) is 19.1 Å². The SMILES string of the molecule is Cc1cnc(N/C=C2\Sc3ccccc3C2=O)s1. The van der Waals surface area contributed by atoms with Crippen LogP contribution in [0.5, 0.6) is 0 Å². The highest BCUT2D eigenvalue weighted by Crippen LogP contribution is 2.39. The van der Waals surface area contributed by atoms with Crippen molar-refractivity contribution in [3.05, 3.63) is 52.0 Å². The molecular weight excluding hydrogens is 264 g/mol. The van der Waals surface area contributed by atoms with E-state index in [1.165, 1.54) is 11.8 Å². The van der Waals surface area contributed by atoms with Crippen LogP contribution < -0.4 is 5.32 Å². The lowest BCUT2D eigenvalue weighted by molar-refractivity contribution is 0.104. The second kappa shape index (κ2) is 4.59. The summed E-state index contributed by atoms with van der Waals surface area (Å²) in [4.78, 5) is 19.1. The number of carbonyl (C=O) groups excluding carboxylic acids is 1. The highest BCUT2D eigenvalue weighted by molar-refractivity contribution is 8.04. The van der Waals surface area contributed by atoms with Crippen molar-refractivity contribution in [3.8, 4) is 0 Å². The van der Waals surface area contributed by atoms with Gasteiger partial charge in [-0.15, -0.1) is 11.3 Å². The Bertz CT molecular complexity index is 646. The smallest absolute Gasteiger partial charge is 0.202 e. The summed E-state index contributed by atoms with van der Waals surface area (Å²) >= 11 is 3.07. The van der Waals surface area contributed by atoms with Crippen LogP contribution >= 0.6 is 23.1 Å². The summed E-state index contributed by atoms with van der Waals surface area (Å²) in [6, 6.07) is 7.66. The van der Waals surface area contributed by atoms with Crippen LogP contribution in [0.15, 0.2) is 46.5 Å². The Morgan fingerprint density at radius 2 is 2.17 bits per heavy atom. The maximum atomic E-state index is 12.1. The van der Waals surface area contributed by atoms with E-state index in [4.69, 9.17) is 0 Å². The molecule has 0 saturated carbocycles. The highest BCUT2D eigenvalue weighted by Gasteiger charge is 2.25. The van der Waals surface area contributed by atoms with E-state index in [9.17, 15) is 4.79 Å². The quantitative estimate of drug-likeness (QED) is 0.848. The third-order valence-electron chi connectivity index (χ3n) is 2.52. The number of hydrogen-bond donors (Lipinski definition) is 1. The number of rotatable bonds is 2. The Labute approximate surface area is 113 Å². The molecule has 3 nitrogen and oxygen atoms in total. The summed E-state index contributed by atoms with van der Waals surface area (Å²) in [7, 11) is 0. The van der Waals surface area contributed by atoms with E-state index in [1.54, 1.807) is 17.5 Å². The zero-order chi connectivity index (χ0) is 12.5. The van der Waals surface area contributed by atoms with Gasteiger partial charge in [-0.3, -0.25) is 4.79 Å². The number of thioether (sulfide) groups is 1. The summed E-state index contributed by atoms with van der Waals surface area (Å²) in [6.45, 7) is 2.00. The molecule has 0 atom stereocenters. The summed E-state index contributed by atoms with van der Waals surface area (Å²) in [5, 5.41) is 3.89. The number of ketones is 1. The lowest BCUT2D eigenvalue weighted by Crippen LogP contribution is -1.96. The van der Waals surface area contributed by atoms with Crippen molar-refractivity contribution < 1.29 is 4.79 Å². The predicted molar refractivity (Wildman–Crippen MR) is 75.2 cm³/mol. The monoisotopic (exact) mass is 274 g/mol. The molecule has 1 aliphatic rings. The van der Waals surface area contributed by atoms with Crippen LogP contribution in [0, 0.1) is 6.92 Å². The van der Waals surface area contributed by atoms with Crippen molar-refractivity contribution in [3.63, 3.8) is 0 Å². The minimum atomic E-state index is 0.0800. The number of anilines is 1. The predicted octanol–water partition coefficient (Wildman–Crippen LogP) is 3.69. The van der Waals surface area contributed by atoms with Gasteiger partial charge >= 0.3 is 0 Å². The molecule has 0 spiro atoms. The molecule has 18 heavy (non-hydrogen) atoms. The first kappa shape index (κ1) is 11.5. The topological polar surface area (TPSA) is 42.0 Å². The van der Waals surface area contributed by atoms with Gasteiger partial charge in [0.05, 0.1) is 4.91 Å². The van der Waals surface area contributed by atoms with Gasteiger partial charge in [-0.25, -0.2) is 4.98 Å². The minimum Gasteiger partial charge on any atom is -0.337 e. The van der Waals surface area contributed by atoms with Crippen molar-refractivity contribution in [2.24, 2.45) is 0 Å². The third-order valence-corrected chi connectivity index (χ3v) is 4.47. The summed E-state index contributed by atoms with van der Waals surface area (Å²) < 4.78 is 0. The number of allylic oxidation sites excluding steroid dienone is 1. The number of thiazole rings is 1. The molecule has 3 rings (SSSR count). The van der Waals surface area contributed by atoms with E-state index in [2.05, 4.69) is 10.3 Å². The van der Waals surface area contributed by atoms with Gasteiger partial charge in [0, 0.05) is 27.7 Å². The van der Waals surface area contributed by atoms with Gasteiger partial charge in [0.2, 0.25) is 5.78 Å². The number of aromatic nitrogens is 1. The molecule has 0 aliphatic carbocycles.